The van der Waals surface area contributed by atoms with Crippen molar-refractivity contribution in [2.75, 3.05) is 5.32 Å². The first kappa shape index (κ1) is 15.4. The van der Waals surface area contributed by atoms with E-state index in [1.165, 1.54) is 31.4 Å². The van der Waals surface area contributed by atoms with E-state index in [0.717, 1.165) is 18.4 Å². The highest BCUT2D eigenvalue weighted by molar-refractivity contribution is 6.02. The second-order valence-electron chi connectivity index (χ2n) is 6.06. The van der Waals surface area contributed by atoms with E-state index in [4.69, 9.17) is 4.52 Å². The fourth-order valence-corrected chi connectivity index (χ4v) is 3.04. The van der Waals surface area contributed by atoms with Gasteiger partial charge in [-0.2, -0.15) is 4.98 Å². The summed E-state index contributed by atoms with van der Waals surface area (Å²) in [4.78, 5) is 24.6. The molecule has 0 spiro atoms. The molecule has 1 fully saturated rings. The normalized spacial score (nSPS) is 14.6. The van der Waals surface area contributed by atoms with E-state index < -0.39 is 0 Å². The molecule has 0 radical (unpaired) electrons. The van der Waals surface area contributed by atoms with Gasteiger partial charge >= 0.3 is 0 Å². The summed E-state index contributed by atoms with van der Waals surface area (Å²) in [7, 11) is 0. The number of rotatable bonds is 4. The lowest BCUT2D eigenvalue weighted by molar-refractivity contribution is 0.102. The number of carbonyl (C=O) groups excluding carboxylic acids is 1. The van der Waals surface area contributed by atoms with Crippen LogP contribution in [0.4, 0.5) is 5.69 Å². The number of hydrogen-bond donors (Lipinski definition) is 1. The number of carbonyl (C=O) groups is 1. The minimum atomic E-state index is -0.315. The van der Waals surface area contributed by atoms with Crippen LogP contribution in [0.15, 0.2) is 47.4 Å². The Hall–Kier alpha value is -3.09. The summed E-state index contributed by atoms with van der Waals surface area (Å²) in [5, 5.41) is 6.89. The van der Waals surface area contributed by atoms with Crippen LogP contribution in [0.1, 0.15) is 48.0 Å². The van der Waals surface area contributed by atoms with E-state index in [1.807, 2.05) is 18.2 Å². The van der Waals surface area contributed by atoms with Gasteiger partial charge in [0.2, 0.25) is 11.7 Å². The third-order valence-corrected chi connectivity index (χ3v) is 4.32. The number of nitrogens with zero attached hydrogens (tertiary/aromatic N) is 4. The molecule has 1 aliphatic carbocycles. The van der Waals surface area contributed by atoms with E-state index in [9.17, 15) is 4.79 Å². The van der Waals surface area contributed by atoms with Gasteiger partial charge < -0.3 is 9.84 Å². The van der Waals surface area contributed by atoms with E-state index in [1.54, 1.807) is 6.07 Å². The number of nitrogens with one attached hydrogen (secondary N) is 1. The van der Waals surface area contributed by atoms with Crippen molar-refractivity contribution in [2.45, 2.75) is 31.6 Å². The topological polar surface area (TPSA) is 93.8 Å². The molecule has 0 atom stereocenters. The Morgan fingerprint density at radius 3 is 2.88 bits per heavy atom. The summed E-state index contributed by atoms with van der Waals surface area (Å²) in [6.45, 7) is 0. The molecule has 4 rings (SSSR count). The fraction of sp³-hybridized carbons (Fsp3) is 0.278. The first-order chi connectivity index (χ1) is 12.3. The van der Waals surface area contributed by atoms with Crippen molar-refractivity contribution < 1.29 is 9.32 Å². The molecule has 0 saturated heterocycles. The van der Waals surface area contributed by atoms with E-state index in [2.05, 4.69) is 25.4 Å². The fourth-order valence-electron chi connectivity index (χ4n) is 3.04. The number of hydrogen-bond acceptors (Lipinski definition) is 6. The van der Waals surface area contributed by atoms with Crippen LogP contribution in [0, 0.1) is 0 Å². The van der Waals surface area contributed by atoms with Crippen LogP contribution in [-0.4, -0.2) is 26.0 Å². The predicted molar refractivity (Wildman–Crippen MR) is 90.9 cm³/mol. The minimum Gasteiger partial charge on any atom is -0.339 e. The van der Waals surface area contributed by atoms with Crippen molar-refractivity contribution in [3.8, 4) is 11.4 Å². The third-order valence-electron chi connectivity index (χ3n) is 4.32. The van der Waals surface area contributed by atoms with Crippen LogP contribution >= 0.6 is 0 Å². The molecule has 7 heteroatoms. The molecule has 1 saturated carbocycles. The zero-order chi connectivity index (χ0) is 17.1. The number of aromatic nitrogens is 4. The molecule has 1 amide bonds. The van der Waals surface area contributed by atoms with Crippen molar-refractivity contribution in [1.29, 1.82) is 0 Å². The Labute approximate surface area is 144 Å². The second kappa shape index (κ2) is 6.80. The SMILES string of the molecule is O=C(Nc1cccc(-c2noc(C3CCCC3)n2)c1)c1cnccn1. The van der Waals surface area contributed by atoms with Gasteiger partial charge in [-0.15, -0.1) is 0 Å². The first-order valence-electron chi connectivity index (χ1n) is 8.31. The Kier molecular flexibility index (Phi) is 4.20. The average Bonchev–Trinajstić information content (AvgIpc) is 3.34. The van der Waals surface area contributed by atoms with Gasteiger partial charge in [0.1, 0.15) is 5.69 Å². The van der Waals surface area contributed by atoms with Crippen molar-refractivity contribution in [3.63, 3.8) is 0 Å². The molecule has 2 aromatic heterocycles. The number of amides is 1. The number of benzene rings is 1. The van der Waals surface area contributed by atoms with Gasteiger partial charge in [0, 0.05) is 29.6 Å². The first-order valence-corrected chi connectivity index (χ1v) is 8.31. The Morgan fingerprint density at radius 2 is 2.08 bits per heavy atom. The molecular formula is C18H17N5O2. The van der Waals surface area contributed by atoms with E-state index in [0.29, 0.717) is 23.3 Å². The Morgan fingerprint density at radius 1 is 1.20 bits per heavy atom. The molecular weight excluding hydrogens is 318 g/mol. The van der Waals surface area contributed by atoms with E-state index >= 15 is 0 Å². The lowest BCUT2D eigenvalue weighted by Crippen LogP contribution is -2.13. The van der Waals surface area contributed by atoms with E-state index in [-0.39, 0.29) is 11.6 Å². The predicted octanol–water partition coefficient (Wildman–Crippen LogP) is 3.44. The van der Waals surface area contributed by atoms with Crippen LogP contribution in [0.3, 0.4) is 0 Å². The lowest BCUT2D eigenvalue weighted by Gasteiger charge is -2.05. The van der Waals surface area contributed by atoms with Crippen molar-refractivity contribution in [3.05, 3.63) is 54.4 Å². The summed E-state index contributed by atoms with van der Waals surface area (Å²) in [5.74, 6) is 1.31. The van der Waals surface area contributed by atoms with Gasteiger partial charge in [-0.3, -0.25) is 9.78 Å². The van der Waals surface area contributed by atoms with Gasteiger partial charge in [0.15, 0.2) is 0 Å². The van der Waals surface area contributed by atoms with Crippen LogP contribution in [-0.2, 0) is 0 Å². The molecule has 1 aliphatic rings. The van der Waals surface area contributed by atoms with Crippen LogP contribution in [0.25, 0.3) is 11.4 Å². The van der Waals surface area contributed by atoms with Crippen LogP contribution in [0.5, 0.6) is 0 Å². The zero-order valence-electron chi connectivity index (χ0n) is 13.6. The minimum absolute atomic E-state index is 0.260. The second-order valence-corrected chi connectivity index (χ2v) is 6.06. The highest BCUT2D eigenvalue weighted by atomic mass is 16.5. The molecule has 3 aromatic rings. The van der Waals surface area contributed by atoms with Gasteiger partial charge in [-0.25, -0.2) is 4.98 Å². The molecule has 1 aromatic carbocycles. The molecule has 0 bridgehead atoms. The largest absolute Gasteiger partial charge is 0.339 e. The highest BCUT2D eigenvalue weighted by Gasteiger charge is 2.23. The smallest absolute Gasteiger partial charge is 0.275 e. The monoisotopic (exact) mass is 335 g/mol. The van der Waals surface area contributed by atoms with Crippen molar-refractivity contribution in [1.82, 2.24) is 20.1 Å². The van der Waals surface area contributed by atoms with Gasteiger partial charge in [-0.1, -0.05) is 30.1 Å². The number of anilines is 1. The third kappa shape index (κ3) is 3.40. The van der Waals surface area contributed by atoms with Crippen molar-refractivity contribution in [2.24, 2.45) is 0 Å². The standard InChI is InChI=1S/C18H17N5O2/c24-17(15-11-19-8-9-20-15)21-14-7-3-6-13(10-14)16-22-18(25-23-16)12-4-1-2-5-12/h3,6-12H,1-2,4-5H2,(H,21,24). The Bertz CT molecular complexity index is 872. The van der Waals surface area contributed by atoms with Crippen LogP contribution < -0.4 is 5.32 Å². The van der Waals surface area contributed by atoms with Crippen LogP contribution in [0.2, 0.25) is 0 Å². The van der Waals surface area contributed by atoms with Gasteiger partial charge in [0.25, 0.3) is 5.91 Å². The molecule has 2 heterocycles. The molecule has 0 aliphatic heterocycles. The molecule has 7 nitrogen and oxygen atoms in total. The van der Waals surface area contributed by atoms with Gasteiger partial charge in [0.05, 0.1) is 6.20 Å². The summed E-state index contributed by atoms with van der Waals surface area (Å²) >= 11 is 0. The molecule has 25 heavy (non-hydrogen) atoms. The lowest BCUT2D eigenvalue weighted by atomic mass is 10.1. The van der Waals surface area contributed by atoms with Crippen molar-refractivity contribution >= 4 is 11.6 Å². The summed E-state index contributed by atoms with van der Waals surface area (Å²) in [6, 6.07) is 7.35. The maximum Gasteiger partial charge on any atom is 0.275 e. The maximum atomic E-state index is 12.2. The zero-order valence-corrected chi connectivity index (χ0v) is 13.6. The summed E-state index contributed by atoms with van der Waals surface area (Å²) in [5.41, 5.74) is 1.70. The molecule has 0 unspecified atom stereocenters. The van der Waals surface area contributed by atoms with Gasteiger partial charge in [-0.05, 0) is 25.0 Å². The Balaban J connectivity index is 1.52. The highest BCUT2D eigenvalue weighted by Crippen LogP contribution is 2.34. The summed E-state index contributed by atoms with van der Waals surface area (Å²) in [6.07, 6.45) is 9.07. The molecule has 1 N–H and O–H groups in total. The summed E-state index contributed by atoms with van der Waals surface area (Å²) < 4.78 is 5.43. The maximum absolute atomic E-state index is 12.2. The molecule has 126 valence electrons. The quantitative estimate of drug-likeness (QED) is 0.785. The average molecular weight is 335 g/mol.